The monoisotopic (exact) mass is 563 g/mol. The third kappa shape index (κ3) is 8.64. The van der Waals surface area contributed by atoms with Crippen molar-refractivity contribution in [2.75, 3.05) is 12.5 Å². The molecule has 1 saturated heterocycles. The lowest BCUT2D eigenvalue weighted by Gasteiger charge is -2.34. The van der Waals surface area contributed by atoms with Crippen LogP contribution in [-0.2, 0) is 25.5 Å². The SMILES string of the molecule is CC(C)(C)NC(=O)[C@H]1N(C(=O)[C@@H](OC(=O)COc2ccccc2)[C@@H]([NH3+])Cc2ccccc2)CSC1(C)C.[Cl-]. The van der Waals surface area contributed by atoms with E-state index in [1.807, 2.05) is 71.0 Å². The fourth-order valence-electron chi connectivity index (χ4n) is 4.22. The summed E-state index contributed by atoms with van der Waals surface area (Å²) in [6, 6.07) is 17.2. The second-order valence-electron chi connectivity index (χ2n) is 10.8. The fourth-order valence-corrected chi connectivity index (χ4v) is 5.36. The van der Waals surface area contributed by atoms with E-state index < -0.39 is 40.4 Å². The van der Waals surface area contributed by atoms with Crippen molar-refractivity contribution in [1.82, 2.24) is 10.2 Å². The van der Waals surface area contributed by atoms with Gasteiger partial charge in [-0.3, -0.25) is 9.59 Å². The molecule has 0 bridgehead atoms. The maximum Gasteiger partial charge on any atom is 0.345 e. The number of ether oxygens (including phenoxy) is 2. The minimum absolute atomic E-state index is 0. The molecule has 8 nitrogen and oxygen atoms in total. The number of hydrogen-bond acceptors (Lipinski definition) is 6. The first-order valence-corrected chi connectivity index (χ1v) is 13.4. The average Bonchev–Trinajstić information content (AvgIpc) is 3.16. The Kier molecular flexibility index (Phi) is 11.1. The smallest absolute Gasteiger partial charge is 0.345 e. The van der Waals surface area contributed by atoms with Crippen LogP contribution in [0, 0.1) is 0 Å². The van der Waals surface area contributed by atoms with E-state index >= 15 is 0 Å². The van der Waals surface area contributed by atoms with Gasteiger partial charge in [0, 0.05) is 16.7 Å². The van der Waals surface area contributed by atoms with E-state index in [0.29, 0.717) is 18.0 Å². The lowest BCUT2D eigenvalue weighted by molar-refractivity contribution is -0.433. The molecule has 1 fully saturated rings. The summed E-state index contributed by atoms with van der Waals surface area (Å²) in [5.74, 6) is -0.519. The zero-order valence-electron chi connectivity index (χ0n) is 22.6. The van der Waals surface area contributed by atoms with Crippen LogP contribution in [0.2, 0.25) is 0 Å². The number of hydrogen-bond donors (Lipinski definition) is 2. The molecule has 3 rings (SSSR count). The van der Waals surface area contributed by atoms with Gasteiger partial charge < -0.3 is 37.8 Å². The highest BCUT2D eigenvalue weighted by Gasteiger charge is 2.51. The molecule has 2 aromatic rings. The Balaban J connectivity index is 0.00000507. The molecule has 0 spiro atoms. The summed E-state index contributed by atoms with van der Waals surface area (Å²) in [5, 5.41) is 3.00. The summed E-state index contributed by atoms with van der Waals surface area (Å²) < 4.78 is 10.7. The number of benzene rings is 2. The molecule has 10 heteroatoms. The molecule has 4 N–H and O–H groups in total. The quantitative estimate of drug-likeness (QED) is 0.395. The van der Waals surface area contributed by atoms with E-state index in [1.165, 1.54) is 16.7 Å². The average molecular weight is 564 g/mol. The highest BCUT2D eigenvalue weighted by atomic mass is 35.5. The number of para-hydroxylation sites is 1. The van der Waals surface area contributed by atoms with Crippen molar-refractivity contribution in [3.05, 3.63) is 66.2 Å². The maximum absolute atomic E-state index is 13.9. The minimum atomic E-state index is -1.17. The number of thioether (sulfide) groups is 1. The van der Waals surface area contributed by atoms with E-state index in [4.69, 9.17) is 9.47 Å². The van der Waals surface area contributed by atoms with Gasteiger partial charge in [0.05, 0.1) is 5.88 Å². The Morgan fingerprint density at radius 2 is 1.66 bits per heavy atom. The number of carbonyl (C=O) groups excluding carboxylic acids is 3. The summed E-state index contributed by atoms with van der Waals surface area (Å²) in [5.41, 5.74) is 4.70. The molecule has 1 heterocycles. The Morgan fingerprint density at radius 1 is 1.08 bits per heavy atom. The molecule has 0 saturated carbocycles. The number of nitrogens with one attached hydrogen (secondary N) is 1. The van der Waals surface area contributed by atoms with Gasteiger partial charge in [0.1, 0.15) is 17.8 Å². The van der Waals surface area contributed by atoms with Gasteiger partial charge in [-0.2, -0.15) is 0 Å². The predicted octanol–water partition coefficient (Wildman–Crippen LogP) is -0.571. The van der Waals surface area contributed by atoms with Gasteiger partial charge in [-0.15, -0.1) is 11.8 Å². The van der Waals surface area contributed by atoms with E-state index in [2.05, 4.69) is 11.1 Å². The van der Waals surface area contributed by atoms with Crippen LogP contribution in [0.5, 0.6) is 5.75 Å². The second-order valence-corrected chi connectivity index (χ2v) is 12.4. The fraction of sp³-hybridized carbons (Fsp3) is 0.464. The Hall–Kier alpha value is -2.75. The molecular weight excluding hydrogens is 526 g/mol. The van der Waals surface area contributed by atoms with Crippen molar-refractivity contribution in [2.24, 2.45) is 0 Å². The minimum Gasteiger partial charge on any atom is -1.00 e. The molecule has 208 valence electrons. The Bertz CT molecular complexity index is 1080. The maximum atomic E-state index is 13.9. The van der Waals surface area contributed by atoms with Crippen molar-refractivity contribution in [1.29, 1.82) is 0 Å². The molecule has 1 aliphatic rings. The number of nitrogens with zero attached hydrogens (tertiary/aromatic N) is 1. The molecule has 3 atom stereocenters. The Morgan fingerprint density at radius 3 is 2.24 bits per heavy atom. The lowest BCUT2D eigenvalue weighted by Crippen LogP contribution is -3.00. The second kappa shape index (κ2) is 13.4. The third-order valence-electron chi connectivity index (χ3n) is 5.95. The van der Waals surface area contributed by atoms with Gasteiger partial charge in [-0.1, -0.05) is 48.5 Å². The van der Waals surface area contributed by atoms with Crippen molar-refractivity contribution >= 4 is 29.5 Å². The van der Waals surface area contributed by atoms with Crippen molar-refractivity contribution in [3.63, 3.8) is 0 Å². The zero-order chi connectivity index (χ0) is 27.2. The van der Waals surface area contributed by atoms with Gasteiger partial charge in [0.25, 0.3) is 5.91 Å². The van der Waals surface area contributed by atoms with Crippen LogP contribution in [0.3, 0.4) is 0 Å². The van der Waals surface area contributed by atoms with Gasteiger partial charge in [-0.05, 0) is 52.3 Å². The summed E-state index contributed by atoms with van der Waals surface area (Å²) in [6.07, 6.45) is -0.751. The number of quaternary nitrogens is 1. The number of amides is 2. The Labute approximate surface area is 235 Å². The zero-order valence-corrected chi connectivity index (χ0v) is 24.2. The highest BCUT2D eigenvalue weighted by molar-refractivity contribution is 8.00. The first kappa shape index (κ1) is 31.5. The first-order chi connectivity index (χ1) is 17.4. The van der Waals surface area contributed by atoms with E-state index in [-0.39, 0.29) is 24.9 Å². The molecule has 0 radical (unpaired) electrons. The summed E-state index contributed by atoms with van der Waals surface area (Å²) >= 11 is 1.52. The van der Waals surface area contributed by atoms with Crippen LogP contribution in [0.25, 0.3) is 0 Å². The normalized spacial score (nSPS) is 18.1. The standard InChI is InChI=1S/C28H37N3O5S.ClH/c1-27(2,3)30-25(33)24-28(4,5)37-18-31(24)26(34)23(21(29)16-19-12-8-6-9-13-19)36-22(32)17-35-20-14-10-7-11-15-20;/h6-15,21,23-24H,16-18,29H2,1-5H3,(H,30,33);1H/t21-,23-,24+;/m0./s1. The molecule has 1 aliphatic heterocycles. The molecular formula is C28H38ClN3O5S. The van der Waals surface area contributed by atoms with Gasteiger partial charge in [0.15, 0.2) is 6.61 Å². The van der Waals surface area contributed by atoms with E-state index in [0.717, 1.165) is 5.56 Å². The number of halogens is 1. The van der Waals surface area contributed by atoms with E-state index in [9.17, 15) is 14.4 Å². The van der Waals surface area contributed by atoms with Crippen molar-refractivity contribution < 1.29 is 42.0 Å². The first-order valence-electron chi connectivity index (χ1n) is 12.4. The number of carbonyl (C=O) groups is 3. The van der Waals surface area contributed by atoms with Crippen LogP contribution < -0.4 is 28.2 Å². The molecule has 2 aromatic carbocycles. The van der Waals surface area contributed by atoms with E-state index in [1.54, 1.807) is 24.3 Å². The highest BCUT2D eigenvalue weighted by Crippen LogP contribution is 2.40. The van der Waals surface area contributed by atoms with Crippen LogP contribution >= 0.6 is 11.8 Å². The summed E-state index contributed by atoms with van der Waals surface area (Å²) in [6.45, 7) is 9.23. The predicted molar refractivity (Wildman–Crippen MR) is 144 cm³/mol. The van der Waals surface area contributed by atoms with Crippen molar-refractivity contribution in [2.45, 2.75) is 69.5 Å². The number of esters is 1. The van der Waals surface area contributed by atoms with Crippen LogP contribution in [0.15, 0.2) is 60.7 Å². The lowest BCUT2D eigenvalue weighted by atomic mass is 9.96. The van der Waals surface area contributed by atoms with Crippen molar-refractivity contribution in [3.8, 4) is 5.75 Å². The molecule has 38 heavy (non-hydrogen) atoms. The third-order valence-corrected chi connectivity index (χ3v) is 7.32. The largest absolute Gasteiger partial charge is 1.00 e. The number of rotatable bonds is 9. The molecule has 0 aromatic heterocycles. The van der Waals surface area contributed by atoms with Crippen LogP contribution in [0.4, 0.5) is 0 Å². The van der Waals surface area contributed by atoms with Crippen LogP contribution in [-0.4, -0.2) is 63.6 Å². The summed E-state index contributed by atoms with van der Waals surface area (Å²) in [7, 11) is 0. The van der Waals surface area contributed by atoms with Gasteiger partial charge in [0.2, 0.25) is 12.0 Å². The van der Waals surface area contributed by atoms with Gasteiger partial charge >= 0.3 is 5.97 Å². The van der Waals surface area contributed by atoms with Crippen LogP contribution in [0.1, 0.15) is 40.2 Å². The molecule has 0 unspecified atom stereocenters. The molecule has 0 aliphatic carbocycles. The molecule has 2 amide bonds. The van der Waals surface area contributed by atoms with Gasteiger partial charge in [-0.25, -0.2) is 4.79 Å². The topological polar surface area (TPSA) is 113 Å². The summed E-state index contributed by atoms with van der Waals surface area (Å²) in [4.78, 5) is 41.5.